The second-order valence-corrected chi connectivity index (χ2v) is 3.72. The first kappa shape index (κ1) is 12.5. The Morgan fingerprint density at radius 2 is 2.06 bits per heavy atom. The van der Waals surface area contributed by atoms with E-state index in [0.29, 0.717) is 12.0 Å². The molecule has 3 nitrogen and oxygen atoms in total. The summed E-state index contributed by atoms with van der Waals surface area (Å²) in [6, 6.07) is 9.56. The molecule has 1 unspecified atom stereocenters. The van der Waals surface area contributed by atoms with Gasteiger partial charge in [-0.3, -0.25) is 0 Å². The average Bonchev–Trinajstić information content (AvgIpc) is 2.27. The summed E-state index contributed by atoms with van der Waals surface area (Å²) >= 11 is 0. The summed E-state index contributed by atoms with van der Waals surface area (Å²) in [7, 11) is 0. The fourth-order valence-electron chi connectivity index (χ4n) is 1.24. The van der Waals surface area contributed by atoms with Gasteiger partial charge in [-0.25, -0.2) is 4.79 Å². The molecular weight excluding hydrogens is 204 g/mol. The molecule has 0 spiro atoms. The number of benzene rings is 1. The van der Waals surface area contributed by atoms with Gasteiger partial charge in [0.25, 0.3) is 0 Å². The van der Waals surface area contributed by atoms with Gasteiger partial charge >= 0.3 is 5.97 Å². The zero-order valence-electron chi connectivity index (χ0n) is 9.35. The van der Waals surface area contributed by atoms with Crippen LogP contribution < -0.4 is 0 Å². The normalized spacial score (nSPS) is 11.9. The minimum atomic E-state index is -0.675. The van der Waals surface area contributed by atoms with E-state index in [1.165, 1.54) is 0 Å². The van der Waals surface area contributed by atoms with E-state index in [1.807, 2.05) is 30.3 Å². The zero-order valence-corrected chi connectivity index (χ0v) is 9.35. The molecule has 0 aromatic heterocycles. The van der Waals surface area contributed by atoms with E-state index >= 15 is 0 Å². The van der Waals surface area contributed by atoms with Crippen LogP contribution in [0.5, 0.6) is 0 Å². The molecule has 3 heteroatoms. The van der Waals surface area contributed by atoms with Gasteiger partial charge in [-0.2, -0.15) is 0 Å². The van der Waals surface area contributed by atoms with E-state index < -0.39 is 12.1 Å². The van der Waals surface area contributed by atoms with Crippen LogP contribution in [-0.2, 0) is 16.0 Å². The lowest BCUT2D eigenvalue weighted by molar-refractivity contribution is -0.141. The number of hydrogen-bond donors (Lipinski definition) is 1. The van der Waals surface area contributed by atoms with Crippen molar-refractivity contribution in [2.75, 3.05) is 6.61 Å². The first-order valence-electron chi connectivity index (χ1n) is 5.14. The van der Waals surface area contributed by atoms with Gasteiger partial charge in [0.1, 0.15) is 6.61 Å². The smallest absolute Gasteiger partial charge is 0.333 e. The summed E-state index contributed by atoms with van der Waals surface area (Å²) in [6.45, 7) is 5.04. The molecule has 0 heterocycles. The van der Waals surface area contributed by atoms with Gasteiger partial charge < -0.3 is 9.84 Å². The number of esters is 1. The SMILES string of the molecule is C=C(C)C(=O)OCC(O)Cc1ccccc1. The van der Waals surface area contributed by atoms with Crippen molar-refractivity contribution in [1.29, 1.82) is 0 Å². The van der Waals surface area contributed by atoms with Crippen molar-refractivity contribution in [3.8, 4) is 0 Å². The number of aliphatic hydroxyl groups excluding tert-OH is 1. The van der Waals surface area contributed by atoms with E-state index in [9.17, 15) is 9.90 Å². The second kappa shape index (κ2) is 6.08. The van der Waals surface area contributed by atoms with Crippen LogP contribution in [0.2, 0.25) is 0 Å². The maximum Gasteiger partial charge on any atom is 0.333 e. The Morgan fingerprint density at radius 3 is 2.62 bits per heavy atom. The summed E-state index contributed by atoms with van der Waals surface area (Å²) in [5.41, 5.74) is 1.35. The van der Waals surface area contributed by atoms with Crippen LogP contribution >= 0.6 is 0 Å². The summed E-state index contributed by atoms with van der Waals surface area (Å²) in [6.07, 6.45) is -0.199. The highest BCUT2D eigenvalue weighted by atomic mass is 16.5. The minimum Gasteiger partial charge on any atom is -0.460 e. The van der Waals surface area contributed by atoms with E-state index in [2.05, 4.69) is 6.58 Å². The van der Waals surface area contributed by atoms with Crippen LogP contribution in [-0.4, -0.2) is 23.8 Å². The highest BCUT2D eigenvalue weighted by molar-refractivity contribution is 5.86. The van der Waals surface area contributed by atoms with Gasteiger partial charge in [0.2, 0.25) is 0 Å². The van der Waals surface area contributed by atoms with Crippen molar-refractivity contribution >= 4 is 5.97 Å². The first-order chi connectivity index (χ1) is 7.59. The number of aliphatic hydroxyl groups is 1. The van der Waals surface area contributed by atoms with Crippen LogP contribution in [0.3, 0.4) is 0 Å². The second-order valence-electron chi connectivity index (χ2n) is 3.72. The van der Waals surface area contributed by atoms with Gasteiger partial charge in [0.15, 0.2) is 0 Å². The minimum absolute atomic E-state index is 0.000583. The molecule has 0 aliphatic heterocycles. The lowest BCUT2D eigenvalue weighted by Crippen LogP contribution is -2.21. The zero-order chi connectivity index (χ0) is 12.0. The molecule has 0 fully saturated rings. The predicted molar refractivity (Wildman–Crippen MR) is 61.9 cm³/mol. The van der Waals surface area contributed by atoms with Crippen LogP contribution in [0.25, 0.3) is 0 Å². The van der Waals surface area contributed by atoms with Gasteiger partial charge in [-0.1, -0.05) is 36.9 Å². The molecule has 1 rings (SSSR count). The Kier molecular flexibility index (Phi) is 4.73. The maximum atomic E-state index is 11.1. The monoisotopic (exact) mass is 220 g/mol. The Hall–Kier alpha value is -1.61. The van der Waals surface area contributed by atoms with Crippen molar-refractivity contribution in [3.05, 3.63) is 48.0 Å². The van der Waals surface area contributed by atoms with E-state index in [-0.39, 0.29) is 6.61 Å². The third kappa shape index (κ3) is 4.28. The summed E-state index contributed by atoms with van der Waals surface area (Å²) < 4.78 is 4.85. The van der Waals surface area contributed by atoms with Gasteiger partial charge in [-0.15, -0.1) is 0 Å². The number of carbonyl (C=O) groups excluding carboxylic acids is 1. The molecule has 0 saturated heterocycles. The summed E-state index contributed by atoms with van der Waals surface area (Å²) in [5, 5.41) is 9.63. The van der Waals surface area contributed by atoms with Crippen LogP contribution in [0.1, 0.15) is 12.5 Å². The fraction of sp³-hybridized carbons (Fsp3) is 0.308. The third-order valence-electron chi connectivity index (χ3n) is 2.07. The highest BCUT2D eigenvalue weighted by Gasteiger charge is 2.09. The van der Waals surface area contributed by atoms with Crippen LogP contribution in [0.15, 0.2) is 42.5 Å². The Balaban J connectivity index is 2.34. The molecule has 1 aromatic rings. The number of rotatable bonds is 5. The summed E-state index contributed by atoms with van der Waals surface area (Å²) in [5.74, 6) is -0.466. The average molecular weight is 220 g/mol. The first-order valence-corrected chi connectivity index (χ1v) is 5.14. The van der Waals surface area contributed by atoms with Crippen molar-refractivity contribution in [2.45, 2.75) is 19.4 Å². The maximum absolute atomic E-state index is 11.1. The largest absolute Gasteiger partial charge is 0.460 e. The molecule has 0 radical (unpaired) electrons. The topological polar surface area (TPSA) is 46.5 Å². The molecule has 86 valence electrons. The van der Waals surface area contributed by atoms with Crippen LogP contribution in [0.4, 0.5) is 0 Å². The van der Waals surface area contributed by atoms with E-state index in [1.54, 1.807) is 6.92 Å². The lowest BCUT2D eigenvalue weighted by Gasteiger charge is -2.11. The molecule has 0 bridgehead atoms. The van der Waals surface area contributed by atoms with Crippen LogP contribution in [0, 0.1) is 0 Å². The quantitative estimate of drug-likeness (QED) is 0.607. The molecule has 0 aliphatic rings. The Labute approximate surface area is 95.4 Å². The lowest BCUT2D eigenvalue weighted by atomic mass is 10.1. The molecule has 1 atom stereocenters. The molecule has 1 aromatic carbocycles. The molecule has 0 saturated carbocycles. The predicted octanol–water partition coefficient (Wildman–Crippen LogP) is 1.71. The highest BCUT2D eigenvalue weighted by Crippen LogP contribution is 2.04. The molecule has 0 amide bonds. The van der Waals surface area contributed by atoms with Crippen molar-refractivity contribution < 1.29 is 14.6 Å². The molecule has 1 N–H and O–H groups in total. The fourth-order valence-corrected chi connectivity index (χ4v) is 1.24. The Bertz CT molecular complexity index is 357. The van der Waals surface area contributed by atoms with E-state index in [0.717, 1.165) is 5.56 Å². The summed E-state index contributed by atoms with van der Waals surface area (Å²) in [4.78, 5) is 11.1. The van der Waals surface area contributed by atoms with Crippen molar-refractivity contribution in [2.24, 2.45) is 0 Å². The third-order valence-corrected chi connectivity index (χ3v) is 2.07. The Morgan fingerprint density at radius 1 is 1.44 bits per heavy atom. The number of hydrogen-bond acceptors (Lipinski definition) is 3. The number of ether oxygens (including phenoxy) is 1. The van der Waals surface area contributed by atoms with Gasteiger partial charge in [0, 0.05) is 12.0 Å². The number of carbonyl (C=O) groups is 1. The van der Waals surface area contributed by atoms with Gasteiger partial charge in [-0.05, 0) is 12.5 Å². The molecule has 16 heavy (non-hydrogen) atoms. The molecule has 0 aliphatic carbocycles. The van der Waals surface area contributed by atoms with Crippen molar-refractivity contribution in [3.63, 3.8) is 0 Å². The van der Waals surface area contributed by atoms with E-state index in [4.69, 9.17) is 4.74 Å². The van der Waals surface area contributed by atoms with Crippen molar-refractivity contribution in [1.82, 2.24) is 0 Å². The molecular formula is C13H16O3. The van der Waals surface area contributed by atoms with Gasteiger partial charge in [0.05, 0.1) is 6.10 Å². The standard InChI is InChI=1S/C13H16O3/c1-10(2)13(15)16-9-12(14)8-11-6-4-3-5-7-11/h3-7,12,14H,1,8-9H2,2H3.